The molecule has 0 amide bonds. The molecule has 5 nitrogen and oxygen atoms in total. The Balaban J connectivity index is 2.54. The van der Waals surface area contributed by atoms with Crippen molar-refractivity contribution < 1.29 is 0 Å². The second-order valence-electron chi connectivity index (χ2n) is 3.75. The van der Waals surface area contributed by atoms with Crippen LogP contribution in [0.3, 0.4) is 0 Å². The third kappa shape index (κ3) is 2.08. The molecule has 1 aromatic heterocycles. The molecule has 0 aliphatic rings. The van der Waals surface area contributed by atoms with Crippen molar-refractivity contribution in [2.24, 2.45) is 0 Å². The smallest absolute Gasteiger partial charge is 0.323 e. The Morgan fingerprint density at radius 2 is 2.00 bits per heavy atom. The van der Waals surface area contributed by atoms with E-state index in [0.717, 1.165) is 12.0 Å². The Labute approximate surface area is 99.7 Å². The van der Waals surface area contributed by atoms with Crippen LogP contribution >= 0.6 is 0 Å². The fourth-order valence-corrected chi connectivity index (χ4v) is 1.74. The van der Waals surface area contributed by atoms with E-state index >= 15 is 0 Å². The van der Waals surface area contributed by atoms with E-state index in [1.54, 1.807) is 7.05 Å². The molecule has 0 radical (unpaired) electrons. The molecule has 5 heteroatoms. The fourth-order valence-electron chi connectivity index (χ4n) is 1.74. The summed E-state index contributed by atoms with van der Waals surface area (Å²) >= 11 is 0. The molecule has 0 atom stereocenters. The molecule has 0 saturated carbocycles. The largest absolute Gasteiger partial charge is 0.365 e. The topological polar surface area (TPSA) is 51.9 Å². The summed E-state index contributed by atoms with van der Waals surface area (Å²) in [5, 5.41) is 4.35. The minimum absolute atomic E-state index is 0.131. The predicted octanol–water partition coefficient (Wildman–Crippen LogP) is 1.30. The fraction of sp³-hybridized carbons (Fsp3) is 0.333. The molecule has 0 fully saturated rings. The van der Waals surface area contributed by atoms with E-state index in [1.807, 2.05) is 37.3 Å². The first-order chi connectivity index (χ1) is 8.27. The Hall–Kier alpha value is -2.04. The van der Waals surface area contributed by atoms with Gasteiger partial charge in [0, 0.05) is 19.2 Å². The van der Waals surface area contributed by atoms with Crippen LogP contribution in [0.4, 0.5) is 0 Å². The van der Waals surface area contributed by atoms with Gasteiger partial charge in [0.05, 0.1) is 0 Å². The summed E-state index contributed by atoms with van der Waals surface area (Å²) < 4.78 is 2.95. The Morgan fingerprint density at radius 1 is 1.29 bits per heavy atom. The van der Waals surface area contributed by atoms with Crippen LogP contribution in [0.15, 0.2) is 35.1 Å². The molecule has 1 heterocycles. The Bertz CT molecular complexity index is 541. The molecule has 2 aromatic rings. The molecule has 1 aromatic carbocycles. The van der Waals surface area contributed by atoms with E-state index in [4.69, 9.17) is 0 Å². The maximum absolute atomic E-state index is 12.0. The summed E-state index contributed by atoms with van der Waals surface area (Å²) in [5.74, 6) is 0.645. The van der Waals surface area contributed by atoms with Gasteiger partial charge in [0.1, 0.15) is 0 Å². The molecule has 0 unspecified atom stereocenters. The molecule has 0 aliphatic heterocycles. The third-order valence-electron chi connectivity index (χ3n) is 2.53. The van der Waals surface area contributed by atoms with Crippen LogP contribution in [0, 0.1) is 0 Å². The van der Waals surface area contributed by atoms with Crippen molar-refractivity contribution in [3.05, 3.63) is 40.8 Å². The van der Waals surface area contributed by atoms with E-state index < -0.39 is 0 Å². The van der Waals surface area contributed by atoms with Gasteiger partial charge in [-0.25, -0.2) is 9.48 Å². The number of aryl methyl sites for hydroxylation is 1. The highest BCUT2D eigenvalue weighted by Crippen LogP contribution is 2.13. The van der Waals surface area contributed by atoms with Crippen molar-refractivity contribution in [3.8, 4) is 11.4 Å². The van der Waals surface area contributed by atoms with Gasteiger partial charge in [-0.15, -0.1) is 5.10 Å². The number of rotatable bonds is 4. The summed E-state index contributed by atoms with van der Waals surface area (Å²) in [6.07, 6.45) is 0.884. The highest BCUT2D eigenvalue weighted by molar-refractivity contribution is 5.54. The van der Waals surface area contributed by atoms with Crippen LogP contribution in [-0.2, 0) is 6.54 Å². The first-order valence-corrected chi connectivity index (χ1v) is 5.71. The molecule has 0 saturated heterocycles. The number of hydrogen-bond donors (Lipinski definition) is 1. The summed E-state index contributed by atoms with van der Waals surface area (Å²) in [4.78, 5) is 12.0. The zero-order valence-corrected chi connectivity index (χ0v) is 10.1. The van der Waals surface area contributed by atoms with Gasteiger partial charge in [-0.2, -0.15) is 4.68 Å². The molecule has 1 N–H and O–H groups in total. The SMILES string of the molecule is CCCn1nc(-c2ccccc2)n(NC)c1=O. The first kappa shape index (κ1) is 11.4. The molecular formula is C12H16N4O. The zero-order valence-electron chi connectivity index (χ0n) is 10.1. The maximum Gasteiger partial charge on any atom is 0.365 e. The van der Waals surface area contributed by atoms with Crippen LogP contribution < -0.4 is 11.1 Å². The quantitative estimate of drug-likeness (QED) is 0.864. The van der Waals surface area contributed by atoms with Crippen LogP contribution in [0.25, 0.3) is 11.4 Å². The average Bonchev–Trinajstić information content (AvgIpc) is 2.68. The third-order valence-corrected chi connectivity index (χ3v) is 2.53. The first-order valence-electron chi connectivity index (χ1n) is 5.71. The minimum Gasteiger partial charge on any atom is -0.323 e. The van der Waals surface area contributed by atoms with Gasteiger partial charge in [-0.1, -0.05) is 37.3 Å². The average molecular weight is 232 g/mol. The lowest BCUT2D eigenvalue weighted by atomic mass is 10.2. The second kappa shape index (κ2) is 4.86. The van der Waals surface area contributed by atoms with E-state index in [-0.39, 0.29) is 5.69 Å². The lowest BCUT2D eigenvalue weighted by Gasteiger charge is -2.02. The number of nitrogens with one attached hydrogen (secondary N) is 1. The van der Waals surface area contributed by atoms with Crippen molar-refractivity contribution >= 4 is 0 Å². The van der Waals surface area contributed by atoms with E-state index in [9.17, 15) is 4.79 Å². The maximum atomic E-state index is 12.0. The van der Waals surface area contributed by atoms with Crippen molar-refractivity contribution in [1.29, 1.82) is 0 Å². The molecular weight excluding hydrogens is 216 g/mol. The van der Waals surface area contributed by atoms with Crippen molar-refractivity contribution in [2.75, 3.05) is 12.5 Å². The molecule has 2 rings (SSSR count). The zero-order chi connectivity index (χ0) is 12.3. The lowest BCUT2D eigenvalue weighted by molar-refractivity contribution is 0.576. The van der Waals surface area contributed by atoms with Crippen molar-refractivity contribution in [3.63, 3.8) is 0 Å². The number of nitrogens with zero attached hydrogens (tertiary/aromatic N) is 3. The molecule has 0 aliphatic carbocycles. The monoisotopic (exact) mass is 232 g/mol. The highest BCUT2D eigenvalue weighted by atomic mass is 16.2. The summed E-state index contributed by atoms with van der Waals surface area (Å²) in [5.41, 5.74) is 3.66. The Morgan fingerprint density at radius 3 is 2.59 bits per heavy atom. The van der Waals surface area contributed by atoms with E-state index in [0.29, 0.717) is 12.4 Å². The van der Waals surface area contributed by atoms with Gasteiger partial charge < -0.3 is 5.43 Å². The van der Waals surface area contributed by atoms with Gasteiger partial charge in [-0.3, -0.25) is 0 Å². The van der Waals surface area contributed by atoms with Crippen LogP contribution in [0.1, 0.15) is 13.3 Å². The minimum atomic E-state index is -0.131. The van der Waals surface area contributed by atoms with Gasteiger partial charge in [-0.05, 0) is 6.42 Å². The molecule has 17 heavy (non-hydrogen) atoms. The molecule has 90 valence electrons. The van der Waals surface area contributed by atoms with Gasteiger partial charge in [0.2, 0.25) is 0 Å². The number of hydrogen-bond acceptors (Lipinski definition) is 3. The van der Waals surface area contributed by atoms with Crippen LogP contribution in [0.5, 0.6) is 0 Å². The van der Waals surface area contributed by atoms with Crippen LogP contribution in [0.2, 0.25) is 0 Å². The molecule has 0 bridgehead atoms. The standard InChI is InChI=1S/C12H16N4O/c1-3-9-15-12(17)16(13-2)11(14-15)10-7-5-4-6-8-10/h4-8,13H,3,9H2,1-2H3. The second-order valence-corrected chi connectivity index (χ2v) is 3.75. The summed E-state index contributed by atoms with van der Waals surface area (Å²) in [6.45, 7) is 2.65. The Kier molecular flexibility index (Phi) is 3.27. The summed E-state index contributed by atoms with van der Waals surface area (Å²) in [7, 11) is 1.71. The highest BCUT2D eigenvalue weighted by Gasteiger charge is 2.12. The molecule has 0 spiro atoms. The predicted molar refractivity (Wildman–Crippen MR) is 67.5 cm³/mol. The van der Waals surface area contributed by atoms with E-state index in [2.05, 4.69) is 10.5 Å². The number of aromatic nitrogens is 3. The summed E-state index contributed by atoms with van der Waals surface area (Å²) in [6, 6.07) is 9.67. The van der Waals surface area contributed by atoms with Gasteiger partial charge in [0.25, 0.3) is 0 Å². The van der Waals surface area contributed by atoms with Gasteiger partial charge >= 0.3 is 5.69 Å². The van der Waals surface area contributed by atoms with Crippen molar-refractivity contribution in [1.82, 2.24) is 14.5 Å². The van der Waals surface area contributed by atoms with Crippen LogP contribution in [-0.4, -0.2) is 21.5 Å². The number of benzene rings is 1. The lowest BCUT2D eigenvalue weighted by Crippen LogP contribution is -2.29. The van der Waals surface area contributed by atoms with E-state index in [1.165, 1.54) is 9.36 Å². The van der Waals surface area contributed by atoms with Crippen molar-refractivity contribution in [2.45, 2.75) is 19.9 Å². The van der Waals surface area contributed by atoms with Gasteiger partial charge in [0.15, 0.2) is 5.82 Å². The normalized spacial score (nSPS) is 10.5.